The predicted octanol–water partition coefficient (Wildman–Crippen LogP) is 3.18. The van der Waals surface area contributed by atoms with Crippen molar-refractivity contribution < 1.29 is 0 Å². The summed E-state index contributed by atoms with van der Waals surface area (Å²) in [5.41, 5.74) is 10.0. The number of rotatable bonds is 1. The van der Waals surface area contributed by atoms with E-state index >= 15 is 0 Å². The summed E-state index contributed by atoms with van der Waals surface area (Å²) in [6.07, 6.45) is 6.77. The molecule has 0 bridgehead atoms. The van der Waals surface area contributed by atoms with Crippen LogP contribution in [-0.4, -0.2) is 9.97 Å². The van der Waals surface area contributed by atoms with E-state index in [1.807, 2.05) is 12.3 Å². The minimum Gasteiger partial charge on any atom is -0.397 e. The second-order valence-electron chi connectivity index (χ2n) is 4.62. The minimum atomic E-state index is 0.201. The Morgan fingerprint density at radius 3 is 3.00 bits per heavy atom. The Morgan fingerprint density at radius 1 is 1.28 bits per heavy atom. The molecule has 2 aromatic rings. The Balaban J connectivity index is 2.08. The fourth-order valence-corrected chi connectivity index (χ4v) is 2.80. The Bertz CT molecular complexity index is 583. The lowest BCUT2D eigenvalue weighted by Gasteiger charge is -2.24. The molecule has 0 fully saturated rings. The Kier molecular flexibility index (Phi) is 2.92. The average Bonchev–Trinajstić information content (AvgIpc) is 2.38. The summed E-state index contributed by atoms with van der Waals surface area (Å²) in [6.45, 7) is 0. The van der Waals surface area contributed by atoms with Crippen molar-refractivity contribution in [2.75, 3.05) is 5.73 Å². The van der Waals surface area contributed by atoms with Crippen LogP contribution in [0.15, 0.2) is 30.6 Å². The van der Waals surface area contributed by atoms with E-state index in [0.29, 0.717) is 10.7 Å². The van der Waals surface area contributed by atoms with E-state index in [2.05, 4.69) is 16.0 Å². The van der Waals surface area contributed by atoms with Gasteiger partial charge in [0.2, 0.25) is 0 Å². The minimum absolute atomic E-state index is 0.201. The molecule has 0 aliphatic heterocycles. The highest BCUT2D eigenvalue weighted by atomic mass is 35.5. The number of aryl methyl sites for hydroxylation is 1. The first-order valence-electron chi connectivity index (χ1n) is 6.10. The van der Waals surface area contributed by atoms with E-state index in [1.165, 1.54) is 5.56 Å². The molecule has 2 heterocycles. The van der Waals surface area contributed by atoms with Crippen LogP contribution in [0.2, 0.25) is 5.02 Å². The molecule has 0 saturated carbocycles. The second-order valence-corrected chi connectivity index (χ2v) is 5.06. The number of pyridine rings is 2. The highest BCUT2D eigenvalue weighted by Gasteiger charge is 2.25. The largest absolute Gasteiger partial charge is 0.397 e. The number of aromatic nitrogens is 2. The van der Waals surface area contributed by atoms with E-state index in [-0.39, 0.29) is 5.92 Å². The maximum Gasteiger partial charge on any atom is 0.0724 e. The number of nitrogens with zero attached hydrogens (tertiary/aromatic N) is 2. The van der Waals surface area contributed by atoms with Crippen LogP contribution < -0.4 is 5.73 Å². The molecule has 4 heteroatoms. The summed E-state index contributed by atoms with van der Waals surface area (Å²) in [6, 6.07) is 5.89. The molecule has 0 radical (unpaired) electrons. The standard InChI is InChI=1S/C14H14ClN3/c15-10-7-12(16)14(18-8-10)11-5-1-3-9-4-2-6-17-13(9)11/h2,4,6-8,11H,1,3,5,16H2. The van der Waals surface area contributed by atoms with E-state index in [1.54, 1.807) is 12.3 Å². The maximum atomic E-state index is 6.03. The first-order valence-corrected chi connectivity index (χ1v) is 6.48. The predicted molar refractivity (Wildman–Crippen MR) is 72.7 cm³/mol. The molecule has 1 aliphatic carbocycles. The first kappa shape index (κ1) is 11.5. The number of hydrogen-bond acceptors (Lipinski definition) is 3. The van der Waals surface area contributed by atoms with Crippen LogP contribution >= 0.6 is 11.6 Å². The van der Waals surface area contributed by atoms with Gasteiger partial charge in [-0.2, -0.15) is 0 Å². The zero-order chi connectivity index (χ0) is 12.5. The zero-order valence-corrected chi connectivity index (χ0v) is 10.7. The van der Waals surface area contributed by atoms with Crippen molar-refractivity contribution in [3.05, 3.63) is 52.6 Å². The third-order valence-corrected chi connectivity index (χ3v) is 3.65. The van der Waals surface area contributed by atoms with Gasteiger partial charge in [-0.05, 0) is 37.0 Å². The number of fused-ring (bicyclic) bond motifs is 1. The highest BCUT2D eigenvalue weighted by molar-refractivity contribution is 6.30. The maximum absolute atomic E-state index is 6.03. The number of halogens is 1. The Hall–Kier alpha value is -1.61. The quantitative estimate of drug-likeness (QED) is 0.856. The molecule has 1 atom stereocenters. The van der Waals surface area contributed by atoms with E-state index < -0.39 is 0 Å². The second kappa shape index (κ2) is 4.58. The van der Waals surface area contributed by atoms with Crippen molar-refractivity contribution in [1.82, 2.24) is 9.97 Å². The molecule has 2 aromatic heterocycles. The summed E-state index contributed by atoms with van der Waals surface area (Å²) >= 11 is 5.90. The summed E-state index contributed by atoms with van der Waals surface area (Å²) in [5, 5.41) is 0.577. The van der Waals surface area contributed by atoms with Gasteiger partial charge < -0.3 is 5.73 Å². The molecular weight excluding hydrogens is 246 g/mol. The smallest absolute Gasteiger partial charge is 0.0724 e. The summed E-state index contributed by atoms with van der Waals surface area (Å²) < 4.78 is 0. The molecule has 2 N–H and O–H groups in total. The van der Waals surface area contributed by atoms with Crippen LogP contribution in [0.4, 0.5) is 5.69 Å². The number of hydrogen-bond donors (Lipinski definition) is 1. The average molecular weight is 260 g/mol. The lowest BCUT2D eigenvalue weighted by Crippen LogP contribution is -2.15. The van der Waals surface area contributed by atoms with Crippen LogP contribution in [0, 0.1) is 0 Å². The molecule has 0 aromatic carbocycles. The van der Waals surface area contributed by atoms with Crippen LogP contribution in [0.25, 0.3) is 0 Å². The van der Waals surface area contributed by atoms with Crippen molar-refractivity contribution >= 4 is 17.3 Å². The van der Waals surface area contributed by atoms with Crippen molar-refractivity contribution in [2.24, 2.45) is 0 Å². The van der Waals surface area contributed by atoms with Gasteiger partial charge in [0.05, 0.1) is 22.1 Å². The SMILES string of the molecule is Nc1cc(Cl)cnc1C1CCCc2cccnc21. The molecule has 1 aliphatic rings. The molecule has 18 heavy (non-hydrogen) atoms. The van der Waals surface area contributed by atoms with Gasteiger partial charge >= 0.3 is 0 Å². The van der Waals surface area contributed by atoms with Gasteiger partial charge in [0.25, 0.3) is 0 Å². The lowest BCUT2D eigenvalue weighted by molar-refractivity contribution is 0.589. The van der Waals surface area contributed by atoms with E-state index in [4.69, 9.17) is 17.3 Å². The first-order chi connectivity index (χ1) is 8.75. The fourth-order valence-electron chi connectivity index (χ4n) is 2.63. The molecule has 92 valence electrons. The van der Waals surface area contributed by atoms with Crippen LogP contribution in [0.1, 0.15) is 35.7 Å². The van der Waals surface area contributed by atoms with Gasteiger partial charge in [-0.15, -0.1) is 0 Å². The molecule has 0 spiro atoms. The molecule has 3 nitrogen and oxygen atoms in total. The van der Waals surface area contributed by atoms with Crippen molar-refractivity contribution in [3.63, 3.8) is 0 Å². The molecule has 1 unspecified atom stereocenters. The van der Waals surface area contributed by atoms with Gasteiger partial charge in [-0.25, -0.2) is 0 Å². The van der Waals surface area contributed by atoms with Crippen molar-refractivity contribution in [2.45, 2.75) is 25.2 Å². The number of anilines is 1. The molecular formula is C14H14ClN3. The van der Waals surface area contributed by atoms with Crippen molar-refractivity contribution in [1.29, 1.82) is 0 Å². The van der Waals surface area contributed by atoms with Gasteiger partial charge in [0.1, 0.15) is 0 Å². The van der Waals surface area contributed by atoms with Crippen LogP contribution in [0.5, 0.6) is 0 Å². The topological polar surface area (TPSA) is 51.8 Å². The summed E-state index contributed by atoms with van der Waals surface area (Å²) in [5.74, 6) is 0.201. The van der Waals surface area contributed by atoms with E-state index in [9.17, 15) is 0 Å². The third kappa shape index (κ3) is 1.95. The summed E-state index contributed by atoms with van der Waals surface area (Å²) in [7, 11) is 0. The lowest BCUT2D eigenvalue weighted by atomic mass is 9.84. The van der Waals surface area contributed by atoms with Crippen LogP contribution in [0.3, 0.4) is 0 Å². The van der Waals surface area contributed by atoms with Crippen LogP contribution in [-0.2, 0) is 6.42 Å². The van der Waals surface area contributed by atoms with Gasteiger partial charge in [-0.1, -0.05) is 17.7 Å². The number of nitrogen functional groups attached to an aromatic ring is 1. The van der Waals surface area contributed by atoms with Gasteiger partial charge in [0.15, 0.2) is 0 Å². The Morgan fingerprint density at radius 2 is 2.17 bits per heavy atom. The van der Waals surface area contributed by atoms with E-state index in [0.717, 1.165) is 30.7 Å². The summed E-state index contributed by atoms with van der Waals surface area (Å²) in [4.78, 5) is 8.92. The highest BCUT2D eigenvalue weighted by Crippen LogP contribution is 2.36. The fraction of sp³-hybridized carbons (Fsp3) is 0.286. The third-order valence-electron chi connectivity index (χ3n) is 3.44. The Labute approximate surface area is 111 Å². The van der Waals surface area contributed by atoms with Gasteiger partial charge in [0, 0.05) is 18.3 Å². The number of nitrogens with two attached hydrogens (primary N) is 1. The van der Waals surface area contributed by atoms with Gasteiger partial charge in [-0.3, -0.25) is 9.97 Å². The molecule has 0 saturated heterocycles. The van der Waals surface area contributed by atoms with Crippen molar-refractivity contribution in [3.8, 4) is 0 Å². The normalized spacial score (nSPS) is 18.4. The monoisotopic (exact) mass is 259 g/mol. The molecule has 3 rings (SSSR count). The molecule has 0 amide bonds. The zero-order valence-electron chi connectivity index (χ0n) is 9.94.